The van der Waals surface area contributed by atoms with Gasteiger partial charge in [0.05, 0.1) is 24.8 Å². The van der Waals surface area contributed by atoms with Gasteiger partial charge in [0.25, 0.3) is 5.91 Å². The summed E-state index contributed by atoms with van der Waals surface area (Å²) < 4.78 is 10.2. The maximum atomic E-state index is 11.8. The van der Waals surface area contributed by atoms with E-state index >= 15 is 0 Å². The number of hydrogen-bond acceptors (Lipinski definition) is 5. The van der Waals surface area contributed by atoms with E-state index in [2.05, 4.69) is 10.1 Å². The minimum atomic E-state index is -0.514. The summed E-state index contributed by atoms with van der Waals surface area (Å²) in [7, 11) is 2.78. The lowest BCUT2D eigenvalue weighted by Gasteiger charge is -2.10. The second-order valence-corrected chi connectivity index (χ2v) is 4.21. The maximum Gasteiger partial charge on any atom is 0.337 e. The molecule has 1 aromatic rings. The zero-order valence-electron chi connectivity index (χ0n) is 10.7. The van der Waals surface area contributed by atoms with Gasteiger partial charge in [-0.15, -0.1) is 0 Å². The molecule has 2 rings (SSSR count). The third-order valence-electron chi connectivity index (χ3n) is 2.99. The van der Waals surface area contributed by atoms with Gasteiger partial charge in [-0.1, -0.05) is 0 Å². The minimum absolute atomic E-state index is 0.143. The van der Waals surface area contributed by atoms with Gasteiger partial charge >= 0.3 is 5.97 Å². The number of aliphatic hydroxyl groups excluding tert-OH is 1. The summed E-state index contributed by atoms with van der Waals surface area (Å²) in [6.07, 6.45) is 0.0759. The molecule has 0 radical (unpaired) electrons. The number of carbonyl (C=O) groups excluding carboxylic acids is 2. The summed E-state index contributed by atoms with van der Waals surface area (Å²) in [6, 6.07) is 3.06. The normalized spacial score (nSPS) is 16.5. The molecule has 0 saturated heterocycles. The Morgan fingerprint density at radius 2 is 2.26 bits per heavy atom. The van der Waals surface area contributed by atoms with E-state index < -0.39 is 5.97 Å². The van der Waals surface area contributed by atoms with Crippen LogP contribution in [0.15, 0.2) is 12.1 Å². The molecular weight excluding hydrogens is 250 g/mol. The van der Waals surface area contributed by atoms with Gasteiger partial charge in [-0.2, -0.15) is 0 Å². The van der Waals surface area contributed by atoms with Gasteiger partial charge in [-0.25, -0.2) is 4.79 Å². The van der Waals surface area contributed by atoms with E-state index in [0.29, 0.717) is 17.7 Å². The van der Waals surface area contributed by atoms with Crippen LogP contribution in [0.25, 0.3) is 0 Å². The van der Waals surface area contributed by atoms with Gasteiger partial charge in [-0.05, 0) is 17.7 Å². The number of fused-ring (bicyclic) bond motifs is 1. The zero-order valence-corrected chi connectivity index (χ0v) is 10.7. The van der Waals surface area contributed by atoms with E-state index in [1.165, 1.54) is 20.2 Å². The number of rotatable bonds is 3. The third kappa shape index (κ3) is 2.39. The Bertz CT molecular complexity index is 526. The van der Waals surface area contributed by atoms with Gasteiger partial charge in [0.2, 0.25) is 0 Å². The molecule has 102 valence electrons. The average Bonchev–Trinajstić information content (AvgIpc) is 2.87. The molecule has 2 N–H and O–H groups in total. The number of aliphatic hydroxyl groups is 1. The van der Waals surface area contributed by atoms with E-state index in [1.54, 1.807) is 6.07 Å². The lowest BCUT2D eigenvalue weighted by Crippen LogP contribution is -2.21. The van der Waals surface area contributed by atoms with Crippen LogP contribution in [0.2, 0.25) is 0 Å². The number of amides is 1. The Hall–Kier alpha value is -2.08. The molecule has 19 heavy (non-hydrogen) atoms. The molecule has 0 spiro atoms. The molecule has 0 bridgehead atoms. The van der Waals surface area contributed by atoms with Crippen molar-refractivity contribution in [2.75, 3.05) is 20.8 Å². The highest BCUT2D eigenvalue weighted by atomic mass is 16.5. The third-order valence-corrected chi connectivity index (χ3v) is 2.99. The molecule has 1 amide bonds. The highest BCUT2D eigenvalue weighted by molar-refractivity contribution is 6.00. The van der Waals surface area contributed by atoms with Crippen molar-refractivity contribution in [2.45, 2.75) is 12.5 Å². The number of benzene rings is 1. The first-order valence-corrected chi connectivity index (χ1v) is 5.85. The standard InChI is InChI=1S/C13H15NO5/c1-14-12(16)10-5-8(13(17)18-2)3-7-4-9(6-15)19-11(7)10/h3,5,9,15H,4,6H2,1-2H3,(H,14,16). The Labute approximate surface area is 110 Å². The van der Waals surface area contributed by atoms with Crippen LogP contribution in [0.4, 0.5) is 0 Å². The fourth-order valence-electron chi connectivity index (χ4n) is 2.07. The van der Waals surface area contributed by atoms with Crippen LogP contribution in [-0.4, -0.2) is 43.9 Å². The van der Waals surface area contributed by atoms with Gasteiger partial charge in [0, 0.05) is 13.5 Å². The Kier molecular flexibility index (Phi) is 3.71. The second kappa shape index (κ2) is 5.27. The molecule has 1 heterocycles. The summed E-state index contributed by atoms with van der Waals surface area (Å²) >= 11 is 0. The number of nitrogens with one attached hydrogen (secondary N) is 1. The van der Waals surface area contributed by atoms with Gasteiger partial charge in [0.15, 0.2) is 0 Å². The van der Waals surface area contributed by atoms with E-state index in [9.17, 15) is 9.59 Å². The average molecular weight is 265 g/mol. The second-order valence-electron chi connectivity index (χ2n) is 4.21. The number of esters is 1. The molecule has 6 nitrogen and oxygen atoms in total. The topological polar surface area (TPSA) is 84.9 Å². The van der Waals surface area contributed by atoms with Crippen LogP contribution >= 0.6 is 0 Å². The Balaban J connectivity index is 2.50. The molecule has 1 aromatic carbocycles. The number of hydrogen-bond donors (Lipinski definition) is 2. The summed E-state index contributed by atoms with van der Waals surface area (Å²) in [5.74, 6) is -0.438. The number of carbonyl (C=O) groups is 2. The molecule has 1 unspecified atom stereocenters. The monoisotopic (exact) mass is 265 g/mol. The summed E-state index contributed by atoms with van der Waals surface area (Å²) in [5, 5.41) is 11.6. The molecule has 0 aromatic heterocycles. The van der Waals surface area contributed by atoms with Crippen LogP contribution in [0.3, 0.4) is 0 Å². The molecular formula is C13H15NO5. The van der Waals surface area contributed by atoms with E-state index in [4.69, 9.17) is 9.84 Å². The van der Waals surface area contributed by atoms with Crippen molar-refractivity contribution < 1.29 is 24.2 Å². The quantitative estimate of drug-likeness (QED) is 0.759. The molecule has 1 atom stereocenters. The van der Waals surface area contributed by atoms with Crippen LogP contribution < -0.4 is 10.1 Å². The Morgan fingerprint density at radius 1 is 1.53 bits per heavy atom. The predicted molar refractivity (Wildman–Crippen MR) is 66.4 cm³/mol. The van der Waals surface area contributed by atoms with Crippen LogP contribution in [0, 0.1) is 0 Å². The Morgan fingerprint density at radius 3 is 2.84 bits per heavy atom. The fraction of sp³-hybridized carbons (Fsp3) is 0.385. The maximum absolute atomic E-state index is 11.8. The van der Waals surface area contributed by atoms with E-state index in [-0.39, 0.29) is 24.2 Å². The SMILES string of the molecule is CNC(=O)c1cc(C(=O)OC)cc2c1OC(CO)C2. The van der Waals surface area contributed by atoms with Crippen molar-refractivity contribution in [1.29, 1.82) is 0 Å². The highest BCUT2D eigenvalue weighted by Gasteiger charge is 2.29. The van der Waals surface area contributed by atoms with Crippen molar-refractivity contribution in [3.05, 3.63) is 28.8 Å². The highest BCUT2D eigenvalue weighted by Crippen LogP contribution is 2.34. The van der Waals surface area contributed by atoms with Crippen molar-refractivity contribution in [3.63, 3.8) is 0 Å². The predicted octanol–water partition coefficient (Wildman–Crippen LogP) is 0.129. The smallest absolute Gasteiger partial charge is 0.337 e. The molecule has 1 aliphatic heterocycles. The lowest BCUT2D eigenvalue weighted by molar-refractivity contribution is 0.0600. The van der Waals surface area contributed by atoms with Gasteiger partial charge in [0.1, 0.15) is 11.9 Å². The van der Waals surface area contributed by atoms with Crippen molar-refractivity contribution in [1.82, 2.24) is 5.32 Å². The summed E-state index contributed by atoms with van der Waals surface area (Å²) in [4.78, 5) is 23.4. The first kappa shape index (κ1) is 13.4. The van der Waals surface area contributed by atoms with Crippen LogP contribution in [0.5, 0.6) is 5.75 Å². The molecule has 6 heteroatoms. The first-order valence-electron chi connectivity index (χ1n) is 5.85. The van der Waals surface area contributed by atoms with Crippen LogP contribution in [0.1, 0.15) is 26.3 Å². The summed E-state index contributed by atoms with van der Waals surface area (Å²) in [5.41, 5.74) is 1.29. The zero-order chi connectivity index (χ0) is 14.0. The minimum Gasteiger partial charge on any atom is -0.487 e. The number of methoxy groups -OCH3 is 1. The van der Waals surface area contributed by atoms with Crippen LogP contribution in [-0.2, 0) is 11.2 Å². The van der Waals surface area contributed by atoms with Gasteiger partial charge in [-0.3, -0.25) is 4.79 Å². The van der Waals surface area contributed by atoms with Crippen molar-refractivity contribution >= 4 is 11.9 Å². The van der Waals surface area contributed by atoms with Gasteiger partial charge < -0.3 is 19.9 Å². The largest absolute Gasteiger partial charge is 0.487 e. The molecule has 0 saturated carbocycles. The lowest BCUT2D eigenvalue weighted by atomic mass is 10.0. The first-order chi connectivity index (χ1) is 9.10. The summed E-state index contributed by atoms with van der Waals surface area (Å²) in [6.45, 7) is -0.143. The molecule has 0 aliphatic carbocycles. The van der Waals surface area contributed by atoms with E-state index in [0.717, 1.165) is 5.56 Å². The van der Waals surface area contributed by atoms with Crippen molar-refractivity contribution in [3.8, 4) is 5.75 Å². The molecule has 1 aliphatic rings. The number of ether oxygens (including phenoxy) is 2. The molecule has 0 fully saturated rings. The van der Waals surface area contributed by atoms with Crippen molar-refractivity contribution in [2.24, 2.45) is 0 Å². The van der Waals surface area contributed by atoms with E-state index in [1.807, 2.05) is 0 Å². The fourth-order valence-corrected chi connectivity index (χ4v) is 2.07.